The number of ether oxygens (including phenoxy) is 4. The molecule has 23 heavy (non-hydrogen) atoms. The van der Waals surface area contributed by atoms with Gasteiger partial charge in [0.15, 0.2) is 5.79 Å². The molecule has 6 heteroatoms. The molecule has 0 saturated carbocycles. The van der Waals surface area contributed by atoms with Gasteiger partial charge in [0.05, 0.1) is 32.5 Å². The third-order valence-electron chi connectivity index (χ3n) is 3.55. The second kappa shape index (κ2) is 8.24. The van der Waals surface area contributed by atoms with Crippen molar-refractivity contribution in [1.82, 2.24) is 0 Å². The summed E-state index contributed by atoms with van der Waals surface area (Å²) in [4.78, 5) is 11.2. The average molecular weight is 387 g/mol. The third kappa shape index (κ3) is 5.57. The molecule has 1 aliphatic rings. The quantitative estimate of drug-likeness (QED) is 0.555. The fourth-order valence-electron chi connectivity index (χ4n) is 2.58. The van der Waals surface area contributed by atoms with Gasteiger partial charge in [-0.05, 0) is 19.4 Å². The Kier molecular flexibility index (Phi) is 6.59. The smallest absolute Gasteiger partial charge is 0.322 e. The van der Waals surface area contributed by atoms with E-state index in [9.17, 15) is 4.79 Å². The van der Waals surface area contributed by atoms with Crippen LogP contribution in [-0.2, 0) is 30.3 Å². The zero-order valence-electron chi connectivity index (χ0n) is 13.7. The summed E-state index contributed by atoms with van der Waals surface area (Å²) in [6.07, 6.45) is 0.0946. The number of methoxy groups -OCH3 is 1. The topological polar surface area (TPSA) is 54.0 Å². The van der Waals surface area contributed by atoms with E-state index in [0.717, 1.165) is 5.56 Å². The van der Waals surface area contributed by atoms with Gasteiger partial charge in [0.25, 0.3) is 0 Å². The average Bonchev–Trinajstić information content (AvgIpc) is 2.53. The van der Waals surface area contributed by atoms with Crippen molar-refractivity contribution in [2.45, 2.75) is 49.7 Å². The lowest BCUT2D eigenvalue weighted by molar-refractivity contribution is -0.304. The molecule has 1 unspecified atom stereocenters. The molecule has 0 aromatic heterocycles. The summed E-state index contributed by atoms with van der Waals surface area (Å²) < 4.78 is 22.2. The van der Waals surface area contributed by atoms with Crippen molar-refractivity contribution in [3.05, 3.63) is 35.9 Å². The van der Waals surface area contributed by atoms with Crippen LogP contribution in [0.1, 0.15) is 25.8 Å². The highest BCUT2D eigenvalue weighted by atomic mass is 79.9. The van der Waals surface area contributed by atoms with E-state index in [2.05, 4.69) is 15.9 Å². The highest BCUT2D eigenvalue weighted by Crippen LogP contribution is 2.31. The maximum atomic E-state index is 11.7. The van der Waals surface area contributed by atoms with E-state index >= 15 is 0 Å². The molecule has 1 aliphatic heterocycles. The molecule has 1 heterocycles. The predicted octanol–water partition coefficient (Wildman–Crippen LogP) is 3.05. The Hall–Kier alpha value is -0.950. The van der Waals surface area contributed by atoms with Gasteiger partial charge in [-0.25, -0.2) is 0 Å². The Morgan fingerprint density at radius 3 is 2.70 bits per heavy atom. The molecule has 0 radical (unpaired) electrons. The van der Waals surface area contributed by atoms with Gasteiger partial charge in [-0.15, -0.1) is 0 Å². The van der Waals surface area contributed by atoms with Gasteiger partial charge < -0.3 is 18.9 Å². The largest absolute Gasteiger partial charge is 0.468 e. The molecule has 3 atom stereocenters. The van der Waals surface area contributed by atoms with Crippen molar-refractivity contribution in [2.24, 2.45) is 0 Å². The van der Waals surface area contributed by atoms with Crippen molar-refractivity contribution in [3.8, 4) is 0 Å². The summed E-state index contributed by atoms with van der Waals surface area (Å²) in [6.45, 7) is 4.64. The van der Waals surface area contributed by atoms with Crippen LogP contribution in [0.25, 0.3) is 0 Å². The summed E-state index contributed by atoms with van der Waals surface area (Å²) in [5.41, 5.74) is 1.11. The van der Waals surface area contributed by atoms with Gasteiger partial charge in [-0.1, -0.05) is 46.3 Å². The van der Waals surface area contributed by atoms with Gasteiger partial charge in [0.1, 0.15) is 4.83 Å². The van der Waals surface area contributed by atoms with Crippen molar-refractivity contribution >= 4 is 21.9 Å². The lowest BCUT2D eigenvalue weighted by Crippen LogP contribution is -2.50. The first-order chi connectivity index (χ1) is 10.9. The van der Waals surface area contributed by atoms with E-state index in [1.807, 2.05) is 44.2 Å². The molecule has 0 bridgehead atoms. The molecule has 5 nitrogen and oxygen atoms in total. The van der Waals surface area contributed by atoms with Crippen LogP contribution in [0, 0.1) is 0 Å². The van der Waals surface area contributed by atoms with Gasteiger partial charge >= 0.3 is 5.97 Å². The minimum absolute atomic E-state index is 0.142. The van der Waals surface area contributed by atoms with E-state index in [1.165, 1.54) is 7.11 Å². The molecule has 1 saturated heterocycles. The molecule has 0 amide bonds. The van der Waals surface area contributed by atoms with E-state index in [-0.39, 0.29) is 18.2 Å². The van der Waals surface area contributed by atoms with Crippen LogP contribution in [0.2, 0.25) is 0 Å². The van der Waals surface area contributed by atoms with Crippen molar-refractivity contribution in [2.75, 3.05) is 13.7 Å². The molecule has 0 N–H and O–H groups in total. The Bertz CT molecular complexity index is 505. The number of hydrogen-bond acceptors (Lipinski definition) is 5. The van der Waals surface area contributed by atoms with E-state index in [4.69, 9.17) is 18.9 Å². The summed E-state index contributed by atoms with van der Waals surface area (Å²) in [7, 11) is 1.36. The lowest BCUT2D eigenvalue weighted by Gasteiger charge is -2.41. The highest BCUT2D eigenvalue weighted by molar-refractivity contribution is 9.10. The summed E-state index contributed by atoms with van der Waals surface area (Å²) in [6, 6.07) is 9.97. The minimum atomic E-state index is -0.774. The number of benzene rings is 1. The monoisotopic (exact) mass is 386 g/mol. The molecule has 0 spiro atoms. The van der Waals surface area contributed by atoms with Crippen molar-refractivity contribution < 1.29 is 23.7 Å². The Morgan fingerprint density at radius 2 is 2.04 bits per heavy atom. The summed E-state index contributed by atoms with van der Waals surface area (Å²) in [5, 5.41) is 0. The van der Waals surface area contributed by atoms with Crippen LogP contribution in [0.5, 0.6) is 0 Å². The Balaban J connectivity index is 1.89. The SMILES string of the molecule is COC(=O)C(Br)[C@@H]1C[C@H](COCc2ccccc2)OC(C)(C)O1. The second-order valence-corrected chi connectivity index (χ2v) is 6.94. The van der Waals surface area contributed by atoms with Gasteiger partial charge in [0.2, 0.25) is 0 Å². The van der Waals surface area contributed by atoms with E-state index in [0.29, 0.717) is 19.6 Å². The summed E-state index contributed by atoms with van der Waals surface area (Å²) in [5.74, 6) is -1.12. The Morgan fingerprint density at radius 1 is 1.35 bits per heavy atom. The zero-order valence-corrected chi connectivity index (χ0v) is 15.2. The standard InChI is InChI=1S/C17H23BrO5/c1-17(2)22-13(9-14(23-17)15(18)16(19)20-3)11-21-10-12-7-5-4-6-8-12/h4-8,13-15H,9-11H2,1-3H3/t13-,14+,15?/m1/s1. The fourth-order valence-corrected chi connectivity index (χ4v) is 3.09. The summed E-state index contributed by atoms with van der Waals surface area (Å²) >= 11 is 3.35. The van der Waals surface area contributed by atoms with Crippen LogP contribution in [0.4, 0.5) is 0 Å². The van der Waals surface area contributed by atoms with E-state index in [1.54, 1.807) is 0 Å². The molecular formula is C17H23BrO5. The van der Waals surface area contributed by atoms with Crippen LogP contribution < -0.4 is 0 Å². The number of carbonyl (C=O) groups excluding carboxylic acids is 1. The van der Waals surface area contributed by atoms with Crippen LogP contribution in [-0.4, -0.2) is 42.5 Å². The van der Waals surface area contributed by atoms with Crippen molar-refractivity contribution in [3.63, 3.8) is 0 Å². The van der Waals surface area contributed by atoms with Crippen LogP contribution >= 0.6 is 15.9 Å². The predicted molar refractivity (Wildman–Crippen MR) is 89.3 cm³/mol. The number of rotatable bonds is 6. The number of hydrogen-bond donors (Lipinski definition) is 0. The molecule has 2 rings (SSSR count). The molecule has 0 aliphatic carbocycles. The molecular weight excluding hydrogens is 364 g/mol. The number of alkyl halides is 1. The van der Waals surface area contributed by atoms with Gasteiger partial charge in [-0.2, -0.15) is 0 Å². The molecule has 1 aromatic rings. The normalized spacial score (nSPS) is 24.9. The van der Waals surface area contributed by atoms with Gasteiger partial charge in [0, 0.05) is 6.42 Å². The van der Waals surface area contributed by atoms with Crippen LogP contribution in [0.3, 0.4) is 0 Å². The molecule has 128 valence electrons. The first-order valence-electron chi connectivity index (χ1n) is 7.60. The lowest BCUT2D eigenvalue weighted by atomic mass is 10.1. The number of halogens is 1. The first kappa shape index (κ1) is 18.4. The molecule has 1 aromatic carbocycles. The molecule has 1 fully saturated rings. The minimum Gasteiger partial charge on any atom is -0.468 e. The number of esters is 1. The maximum Gasteiger partial charge on any atom is 0.322 e. The fraction of sp³-hybridized carbons (Fsp3) is 0.588. The Labute approximate surface area is 145 Å². The van der Waals surface area contributed by atoms with Crippen molar-refractivity contribution in [1.29, 1.82) is 0 Å². The first-order valence-corrected chi connectivity index (χ1v) is 8.52. The van der Waals surface area contributed by atoms with Gasteiger partial charge in [-0.3, -0.25) is 4.79 Å². The van der Waals surface area contributed by atoms with Crippen LogP contribution in [0.15, 0.2) is 30.3 Å². The van der Waals surface area contributed by atoms with E-state index < -0.39 is 10.6 Å². The highest BCUT2D eigenvalue weighted by Gasteiger charge is 2.41. The zero-order chi connectivity index (χ0) is 16.9. The second-order valence-electron chi connectivity index (χ2n) is 5.96. The maximum absolute atomic E-state index is 11.7. The number of carbonyl (C=O) groups is 1. The third-order valence-corrected chi connectivity index (χ3v) is 4.51.